The van der Waals surface area contributed by atoms with Crippen molar-refractivity contribution in [3.8, 4) is 0 Å². The van der Waals surface area contributed by atoms with Gasteiger partial charge in [0.2, 0.25) is 0 Å². The Hall–Kier alpha value is -0.730. The number of carbonyl (C=O) groups is 1. The summed E-state index contributed by atoms with van der Waals surface area (Å²) in [5, 5.41) is 2.98. The normalized spacial score (nSPS) is 10.6. The minimum absolute atomic E-state index is 0.0970. The first-order valence-electron chi connectivity index (χ1n) is 6.64. The Morgan fingerprint density at radius 3 is 2.44 bits per heavy atom. The monoisotopic (exact) mass is 228 g/mol. The van der Waals surface area contributed by atoms with E-state index in [0.717, 1.165) is 44.8 Å². The smallest absolute Gasteiger partial charge is 0.317 e. The molecule has 0 bridgehead atoms. The van der Waals surface area contributed by atoms with Crippen LogP contribution in [0.25, 0.3) is 0 Å². The molecular weight excluding hydrogens is 200 g/mol. The Kier molecular flexibility index (Phi) is 9.06. The van der Waals surface area contributed by atoms with Gasteiger partial charge < -0.3 is 10.2 Å². The van der Waals surface area contributed by atoms with Gasteiger partial charge in [0, 0.05) is 19.6 Å². The van der Waals surface area contributed by atoms with E-state index in [1.54, 1.807) is 0 Å². The lowest BCUT2D eigenvalue weighted by atomic mass is 10.1. The van der Waals surface area contributed by atoms with E-state index in [4.69, 9.17) is 0 Å². The molecule has 0 heterocycles. The van der Waals surface area contributed by atoms with Crippen LogP contribution in [0.15, 0.2) is 0 Å². The maximum Gasteiger partial charge on any atom is 0.317 e. The highest BCUT2D eigenvalue weighted by molar-refractivity contribution is 5.74. The van der Waals surface area contributed by atoms with Crippen molar-refractivity contribution in [3.05, 3.63) is 0 Å². The van der Waals surface area contributed by atoms with Gasteiger partial charge in [-0.3, -0.25) is 0 Å². The van der Waals surface area contributed by atoms with Crippen molar-refractivity contribution < 1.29 is 4.79 Å². The third kappa shape index (κ3) is 7.55. The first-order chi connectivity index (χ1) is 7.61. The summed E-state index contributed by atoms with van der Waals surface area (Å²) in [6.07, 6.45) is 4.49. The van der Waals surface area contributed by atoms with Crippen LogP contribution in [0.3, 0.4) is 0 Å². The molecule has 0 fully saturated rings. The van der Waals surface area contributed by atoms with Crippen LogP contribution in [0, 0.1) is 5.92 Å². The van der Waals surface area contributed by atoms with Gasteiger partial charge in [-0.05, 0) is 32.1 Å². The fourth-order valence-electron chi connectivity index (χ4n) is 1.57. The maximum absolute atomic E-state index is 11.7. The molecule has 2 amide bonds. The lowest BCUT2D eigenvalue weighted by molar-refractivity contribution is 0.199. The van der Waals surface area contributed by atoms with Crippen LogP contribution in [0.4, 0.5) is 4.79 Å². The Balaban J connectivity index is 3.66. The summed E-state index contributed by atoms with van der Waals surface area (Å²) in [5.41, 5.74) is 0. The van der Waals surface area contributed by atoms with Gasteiger partial charge in [0.15, 0.2) is 0 Å². The van der Waals surface area contributed by atoms with E-state index >= 15 is 0 Å². The number of urea groups is 1. The predicted molar refractivity (Wildman–Crippen MR) is 69.6 cm³/mol. The number of nitrogens with one attached hydrogen (secondary N) is 1. The van der Waals surface area contributed by atoms with Crippen molar-refractivity contribution in [2.75, 3.05) is 19.6 Å². The van der Waals surface area contributed by atoms with Gasteiger partial charge >= 0.3 is 6.03 Å². The molecule has 16 heavy (non-hydrogen) atoms. The predicted octanol–water partition coefficient (Wildman–Crippen LogP) is 3.25. The highest BCUT2D eigenvalue weighted by Gasteiger charge is 2.09. The third-order valence-corrected chi connectivity index (χ3v) is 2.68. The van der Waals surface area contributed by atoms with E-state index in [1.165, 1.54) is 6.42 Å². The van der Waals surface area contributed by atoms with Crippen LogP contribution in [-0.2, 0) is 0 Å². The SMILES string of the molecule is CCCCN(CC)C(=O)NCCCC(C)C. The lowest BCUT2D eigenvalue weighted by Crippen LogP contribution is -2.40. The van der Waals surface area contributed by atoms with Crippen molar-refractivity contribution in [3.63, 3.8) is 0 Å². The number of hydrogen-bond acceptors (Lipinski definition) is 1. The molecule has 0 aromatic carbocycles. The Bertz CT molecular complexity index is 181. The fraction of sp³-hybridized carbons (Fsp3) is 0.923. The van der Waals surface area contributed by atoms with Crippen LogP contribution < -0.4 is 5.32 Å². The number of amides is 2. The van der Waals surface area contributed by atoms with Gasteiger partial charge in [0.1, 0.15) is 0 Å². The van der Waals surface area contributed by atoms with Crippen LogP contribution in [0.5, 0.6) is 0 Å². The highest BCUT2D eigenvalue weighted by Crippen LogP contribution is 2.02. The average Bonchev–Trinajstić information content (AvgIpc) is 2.25. The minimum Gasteiger partial charge on any atom is -0.338 e. The summed E-state index contributed by atoms with van der Waals surface area (Å²) < 4.78 is 0. The highest BCUT2D eigenvalue weighted by atomic mass is 16.2. The zero-order valence-corrected chi connectivity index (χ0v) is 11.4. The number of unbranched alkanes of at least 4 members (excludes halogenated alkanes) is 1. The van der Waals surface area contributed by atoms with Gasteiger partial charge in [0.25, 0.3) is 0 Å². The molecule has 0 aromatic rings. The molecule has 0 aromatic heterocycles. The van der Waals surface area contributed by atoms with Gasteiger partial charge in [-0.15, -0.1) is 0 Å². The second-order valence-corrected chi connectivity index (χ2v) is 4.70. The van der Waals surface area contributed by atoms with Crippen molar-refractivity contribution in [2.45, 2.75) is 53.4 Å². The van der Waals surface area contributed by atoms with E-state index in [2.05, 4.69) is 26.1 Å². The summed E-state index contributed by atoms with van der Waals surface area (Å²) >= 11 is 0. The summed E-state index contributed by atoms with van der Waals surface area (Å²) in [7, 11) is 0. The molecule has 3 nitrogen and oxygen atoms in total. The van der Waals surface area contributed by atoms with E-state index in [-0.39, 0.29) is 6.03 Å². The first-order valence-corrected chi connectivity index (χ1v) is 6.64. The lowest BCUT2D eigenvalue weighted by Gasteiger charge is -2.21. The molecule has 0 unspecified atom stereocenters. The molecule has 0 rings (SSSR count). The summed E-state index contributed by atoms with van der Waals surface area (Å²) in [5.74, 6) is 0.722. The van der Waals surface area contributed by atoms with Crippen molar-refractivity contribution in [2.24, 2.45) is 5.92 Å². The number of nitrogens with zero attached hydrogens (tertiary/aromatic N) is 1. The first kappa shape index (κ1) is 15.3. The van der Waals surface area contributed by atoms with Gasteiger partial charge in [-0.1, -0.05) is 27.2 Å². The summed E-state index contributed by atoms with van der Waals surface area (Å²) in [4.78, 5) is 13.6. The molecule has 0 atom stereocenters. The molecule has 96 valence electrons. The van der Waals surface area contributed by atoms with Crippen LogP contribution in [0.2, 0.25) is 0 Å². The zero-order chi connectivity index (χ0) is 12.4. The number of hydrogen-bond donors (Lipinski definition) is 1. The summed E-state index contributed by atoms with van der Waals surface area (Å²) in [6.45, 7) is 11.1. The van der Waals surface area contributed by atoms with Gasteiger partial charge in [-0.25, -0.2) is 4.79 Å². The Labute approximate surface area is 101 Å². The maximum atomic E-state index is 11.7. The molecule has 0 saturated heterocycles. The molecule has 1 N–H and O–H groups in total. The Morgan fingerprint density at radius 2 is 1.94 bits per heavy atom. The molecule has 3 heteroatoms. The largest absolute Gasteiger partial charge is 0.338 e. The van der Waals surface area contributed by atoms with Crippen molar-refractivity contribution in [1.82, 2.24) is 10.2 Å². The molecule has 0 radical (unpaired) electrons. The van der Waals surface area contributed by atoms with Crippen molar-refractivity contribution >= 4 is 6.03 Å². The third-order valence-electron chi connectivity index (χ3n) is 2.68. The molecule has 0 aliphatic rings. The standard InChI is InChI=1S/C13H28N2O/c1-5-7-11-15(6-2)13(16)14-10-8-9-12(3)4/h12H,5-11H2,1-4H3,(H,14,16). The molecule has 0 saturated carbocycles. The average molecular weight is 228 g/mol. The quantitative estimate of drug-likeness (QED) is 0.635. The fourth-order valence-corrected chi connectivity index (χ4v) is 1.57. The van der Waals surface area contributed by atoms with E-state index in [1.807, 2.05) is 11.8 Å². The topological polar surface area (TPSA) is 32.3 Å². The van der Waals surface area contributed by atoms with E-state index < -0.39 is 0 Å². The van der Waals surface area contributed by atoms with Crippen LogP contribution in [0.1, 0.15) is 53.4 Å². The molecular formula is C13H28N2O. The number of carbonyl (C=O) groups excluding carboxylic acids is 1. The van der Waals surface area contributed by atoms with Gasteiger partial charge in [-0.2, -0.15) is 0 Å². The second-order valence-electron chi connectivity index (χ2n) is 4.70. The minimum atomic E-state index is 0.0970. The molecule has 0 aliphatic heterocycles. The van der Waals surface area contributed by atoms with E-state index in [9.17, 15) is 4.79 Å². The molecule has 0 spiro atoms. The van der Waals surface area contributed by atoms with Crippen molar-refractivity contribution in [1.29, 1.82) is 0 Å². The number of rotatable bonds is 8. The molecule has 0 aliphatic carbocycles. The Morgan fingerprint density at radius 1 is 1.25 bits per heavy atom. The van der Waals surface area contributed by atoms with E-state index in [0.29, 0.717) is 0 Å². The van der Waals surface area contributed by atoms with Crippen LogP contribution in [-0.4, -0.2) is 30.6 Å². The van der Waals surface area contributed by atoms with Crippen LogP contribution >= 0.6 is 0 Å². The van der Waals surface area contributed by atoms with Gasteiger partial charge in [0.05, 0.1) is 0 Å². The zero-order valence-electron chi connectivity index (χ0n) is 11.4. The second kappa shape index (κ2) is 9.49. The summed E-state index contributed by atoms with van der Waals surface area (Å²) in [6, 6.07) is 0.0970.